The summed E-state index contributed by atoms with van der Waals surface area (Å²) < 4.78 is 49.3. The highest BCUT2D eigenvalue weighted by Crippen LogP contribution is 2.31. The van der Waals surface area contributed by atoms with Crippen molar-refractivity contribution in [3.8, 4) is 18.1 Å². The minimum Gasteiger partial charge on any atom is -0.497 e. The average Bonchev–Trinajstić information content (AvgIpc) is 2.82. The van der Waals surface area contributed by atoms with Crippen molar-refractivity contribution >= 4 is 11.6 Å². The van der Waals surface area contributed by atoms with Crippen LogP contribution in [-0.4, -0.2) is 25.7 Å². The maximum absolute atomic E-state index is 12.9. The summed E-state index contributed by atoms with van der Waals surface area (Å²) in [6.07, 6.45) is -0.0378. The first-order valence-electron chi connectivity index (χ1n) is 10.3. The molecule has 0 saturated carbocycles. The molecule has 0 spiro atoms. The van der Waals surface area contributed by atoms with E-state index in [0.29, 0.717) is 25.8 Å². The van der Waals surface area contributed by atoms with Crippen molar-refractivity contribution in [3.05, 3.63) is 66.4 Å². The van der Waals surface area contributed by atoms with Crippen LogP contribution in [0.3, 0.4) is 0 Å². The van der Waals surface area contributed by atoms with Gasteiger partial charge in [0.05, 0.1) is 12.7 Å². The van der Waals surface area contributed by atoms with Gasteiger partial charge in [-0.3, -0.25) is 4.79 Å². The van der Waals surface area contributed by atoms with E-state index in [9.17, 15) is 18.0 Å². The Balaban J connectivity index is 0.00000265. The SMILES string of the molecule is C#N.CCCC(Oc1cccc(C(F)(F)F)c1)C(=O)NCC/C=C/Nc1ccc(OC)cc1. The Morgan fingerprint density at radius 1 is 1.15 bits per heavy atom. The fraction of sp³-hybridized carbons (Fsp3) is 0.333. The number of rotatable bonds is 11. The van der Waals surface area contributed by atoms with Crippen molar-refractivity contribution < 1.29 is 27.4 Å². The molecule has 0 heterocycles. The molecule has 1 amide bonds. The lowest BCUT2D eigenvalue weighted by Gasteiger charge is -2.19. The Bertz CT molecular complexity index is 897. The number of carbonyl (C=O) groups excluding carboxylic acids is 1. The second-order valence-corrected chi connectivity index (χ2v) is 6.78. The van der Waals surface area contributed by atoms with Crippen LogP contribution >= 0.6 is 0 Å². The number of benzene rings is 2. The van der Waals surface area contributed by atoms with Gasteiger partial charge in [0.2, 0.25) is 0 Å². The molecule has 9 heteroatoms. The lowest BCUT2D eigenvalue weighted by Crippen LogP contribution is -2.38. The predicted octanol–water partition coefficient (Wildman–Crippen LogP) is 5.53. The molecule has 33 heavy (non-hydrogen) atoms. The summed E-state index contributed by atoms with van der Waals surface area (Å²) in [5.41, 5.74) is 0.0914. The maximum Gasteiger partial charge on any atom is 0.416 e. The molecule has 0 aliphatic heterocycles. The molecule has 2 rings (SSSR count). The van der Waals surface area contributed by atoms with Crippen molar-refractivity contribution in [2.45, 2.75) is 38.5 Å². The molecule has 0 saturated heterocycles. The normalized spacial score (nSPS) is 11.7. The van der Waals surface area contributed by atoms with E-state index in [0.717, 1.165) is 23.6 Å². The quantitative estimate of drug-likeness (QED) is 0.428. The lowest BCUT2D eigenvalue weighted by molar-refractivity contribution is -0.137. The number of halogens is 3. The van der Waals surface area contributed by atoms with Crippen LogP contribution in [-0.2, 0) is 11.0 Å². The van der Waals surface area contributed by atoms with Crippen LogP contribution < -0.4 is 20.1 Å². The van der Waals surface area contributed by atoms with E-state index in [2.05, 4.69) is 17.2 Å². The summed E-state index contributed by atoms with van der Waals surface area (Å²) in [6.45, 7) is 5.76. The summed E-state index contributed by atoms with van der Waals surface area (Å²) in [5, 5.41) is 12.4. The molecule has 6 nitrogen and oxygen atoms in total. The average molecular weight is 464 g/mol. The third kappa shape index (κ3) is 9.99. The number of nitrogens with zero attached hydrogens (tertiary/aromatic N) is 1. The van der Waals surface area contributed by atoms with E-state index in [1.807, 2.05) is 37.3 Å². The number of nitriles is 1. The van der Waals surface area contributed by atoms with Crippen LogP contribution in [0.5, 0.6) is 11.5 Å². The zero-order chi connectivity index (χ0) is 24.7. The minimum atomic E-state index is -4.46. The fourth-order valence-electron chi connectivity index (χ4n) is 2.73. The monoisotopic (exact) mass is 463 g/mol. The summed E-state index contributed by atoms with van der Waals surface area (Å²) in [6, 6.07) is 12.0. The van der Waals surface area contributed by atoms with Crippen molar-refractivity contribution in [1.82, 2.24) is 5.32 Å². The zero-order valence-corrected chi connectivity index (χ0v) is 18.6. The van der Waals surface area contributed by atoms with Crippen LogP contribution in [0.4, 0.5) is 18.9 Å². The van der Waals surface area contributed by atoms with Gasteiger partial charge in [-0.05, 0) is 61.5 Å². The van der Waals surface area contributed by atoms with E-state index >= 15 is 0 Å². The summed E-state index contributed by atoms with van der Waals surface area (Å²) in [5.74, 6) is 0.439. The van der Waals surface area contributed by atoms with Gasteiger partial charge in [0.1, 0.15) is 11.5 Å². The fourth-order valence-corrected chi connectivity index (χ4v) is 2.73. The van der Waals surface area contributed by atoms with Gasteiger partial charge >= 0.3 is 6.18 Å². The maximum atomic E-state index is 12.9. The smallest absolute Gasteiger partial charge is 0.416 e. The summed E-state index contributed by atoms with van der Waals surface area (Å²) >= 11 is 0. The molecule has 0 aromatic heterocycles. The molecule has 0 fully saturated rings. The first-order valence-corrected chi connectivity index (χ1v) is 10.3. The number of hydrogen-bond donors (Lipinski definition) is 2. The number of methoxy groups -OCH3 is 1. The molecule has 1 atom stereocenters. The first kappa shape index (κ1) is 27.4. The van der Waals surface area contributed by atoms with E-state index in [1.165, 1.54) is 12.1 Å². The minimum absolute atomic E-state index is 0.0204. The third-order valence-electron chi connectivity index (χ3n) is 4.35. The summed E-state index contributed by atoms with van der Waals surface area (Å²) in [4.78, 5) is 12.4. The van der Waals surface area contributed by atoms with Crippen LogP contribution in [0.15, 0.2) is 60.8 Å². The van der Waals surface area contributed by atoms with Crippen LogP contribution in [0.25, 0.3) is 0 Å². The number of ether oxygens (including phenoxy) is 2. The van der Waals surface area contributed by atoms with Gasteiger partial charge in [0, 0.05) is 18.8 Å². The Kier molecular flexibility index (Phi) is 11.9. The van der Waals surface area contributed by atoms with Gasteiger partial charge in [-0.2, -0.15) is 13.2 Å². The van der Waals surface area contributed by atoms with Crippen LogP contribution in [0.1, 0.15) is 31.7 Å². The van der Waals surface area contributed by atoms with Crippen molar-refractivity contribution in [1.29, 1.82) is 5.26 Å². The Labute approximate surface area is 192 Å². The van der Waals surface area contributed by atoms with Gasteiger partial charge in [-0.15, -0.1) is 0 Å². The number of alkyl halides is 3. The Hall–Kier alpha value is -3.67. The second kappa shape index (κ2) is 14.4. The van der Waals surface area contributed by atoms with Crippen molar-refractivity contribution in [2.75, 3.05) is 19.0 Å². The Morgan fingerprint density at radius 3 is 2.45 bits per heavy atom. The molecule has 178 valence electrons. The highest BCUT2D eigenvalue weighted by molar-refractivity contribution is 5.81. The molecule has 0 aliphatic rings. The molecular formula is C24H28F3N3O3. The van der Waals surface area contributed by atoms with Crippen molar-refractivity contribution in [3.63, 3.8) is 0 Å². The molecular weight excluding hydrogens is 435 g/mol. The van der Waals surface area contributed by atoms with E-state index in [-0.39, 0.29) is 11.7 Å². The van der Waals surface area contributed by atoms with Gasteiger partial charge in [-0.25, -0.2) is 5.26 Å². The Morgan fingerprint density at radius 2 is 1.85 bits per heavy atom. The van der Waals surface area contributed by atoms with E-state index in [4.69, 9.17) is 14.7 Å². The van der Waals surface area contributed by atoms with E-state index < -0.39 is 17.8 Å². The zero-order valence-electron chi connectivity index (χ0n) is 18.6. The van der Waals surface area contributed by atoms with Crippen LogP contribution in [0, 0.1) is 11.8 Å². The molecule has 0 radical (unpaired) electrons. The van der Waals surface area contributed by atoms with Gasteiger partial charge < -0.3 is 20.1 Å². The summed E-state index contributed by atoms with van der Waals surface area (Å²) in [7, 11) is 1.60. The number of nitrogens with one attached hydrogen (secondary N) is 2. The largest absolute Gasteiger partial charge is 0.497 e. The molecule has 1 unspecified atom stereocenters. The highest BCUT2D eigenvalue weighted by Gasteiger charge is 2.31. The molecule has 2 aromatic rings. The predicted molar refractivity (Wildman–Crippen MR) is 121 cm³/mol. The van der Waals surface area contributed by atoms with E-state index in [1.54, 1.807) is 13.3 Å². The van der Waals surface area contributed by atoms with Gasteiger partial charge in [-0.1, -0.05) is 25.5 Å². The molecule has 0 bridgehead atoms. The number of hydrogen-bond acceptors (Lipinski definition) is 5. The highest BCUT2D eigenvalue weighted by atomic mass is 19.4. The standard InChI is InChI=1S/C23H27F3N2O3.CHN/c1-3-7-21(31-20-9-6-8-17(16-20)23(24,25)26)22(29)28-15-5-4-14-27-18-10-12-19(30-2)13-11-18;1-2/h4,6,8-14,16,21,27H,3,5,7,15H2,1-2H3,(H,28,29);1H/b14-4+;. The topological polar surface area (TPSA) is 83.4 Å². The van der Waals surface area contributed by atoms with Crippen LogP contribution in [0.2, 0.25) is 0 Å². The van der Waals surface area contributed by atoms with Gasteiger partial charge in [0.15, 0.2) is 6.10 Å². The second-order valence-electron chi connectivity index (χ2n) is 6.78. The number of amides is 1. The lowest BCUT2D eigenvalue weighted by atomic mass is 10.1. The van der Waals surface area contributed by atoms with Gasteiger partial charge in [0.25, 0.3) is 5.91 Å². The third-order valence-corrected chi connectivity index (χ3v) is 4.35. The first-order chi connectivity index (χ1) is 15.8. The molecule has 2 N–H and O–H groups in total. The number of anilines is 1. The molecule has 0 aliphatic carbocycles. The number of carbonyl (C=O) groups is 1. The molecule has 2 aromatic carbocycles. The van der Waals surface area contributed by atoms with Crippen molar-refractivity contribution in [2.24, 2.45) is 0 Å².